The van der Waals surface area contributed by atoms with Gasteiger partial charge in [-0.25, -0.2) is 4.99 Å². The van der Waals surface area contributed by atoms with Gasteiger partial charge in [0.25, 0.3) is 0 Å². The minimum Gasteiger partial charge on any atom is -0.394 e. The Labute approximate surface area is 148 Å². The second-order valence-electron chi connectivity index (χ2n) is 6.55. The van der Waals surface area contributed by atoms with Crippen LogP contribution in [0.3, 0.4) is 0 Å². The maximum Gasteiger partial charge on any atom is 0.186 e. The molecule has 0 saturated heterocycles. The molecule has 0 bridgehead atoms. The van der Waals surface area contributed by atoms with Crippen molar-refractivity contribution in [2.45, 2.75) is 96.1 Å². The molecule has 0 saturated carbocycles. The van der Waals surface area contributed by atoms with E-state index in [1.807, 2.05) is 6.08 Å². The van der Waals surface area contributed by atoms with Crippen molar-refractivity contribution < 1.29 is 10.2 Å². The van der Waals surface area contributed by atoms with Gasteiger partial charge in [-0.3, -0.25) is 0 Å². The first-order valence-corrected chi connectivity index (χ1v) is 9.66. The highest BCUT2D eigenvalue weighted by Gasteiger charge is 2.14. The van der Waals surface area contributed by atoms with Crippen LogP contribution in [0, 0.1) is 0 Å². The van der Waals surface area contributed by atoms with E-state index in [4.69, 9.17) is 16.6 Å². The molecule has 0 aliphatic rings. The number of guanidine groups is 1. The van der Waals surface area contributed by atoms with Crippen LogP contribution >= 0.6 is 0 Å². The summed E-state index contributed by atoms with van der Waals surface area (Å²) < 4.78 is 0. The summed E-state index contributed by atoms with van der Waals surface area (Å²) in [7, 11) is 0. The molecule has 2 atom stereocenters. The van der Waals surface area contributed by atoms with E-state index in [9.17, 15) is 5.11 Å². The van der Waals surface area contributed by atoms with Gasteiger partial charge in [0, 0.05) is 0 Å². The Morgan fingerprint density at radius 3 is 1.88 bits per heavy atom. The van der Waals surface area contributed by atoms with E-state index in [1.54, 1.807) is 6.08 Å². The summed E-state index contributed by atoms with van der Waals surface area (Å²) in [6.07, 6.45) is 18.3. The van der Waals surface area contributed by atoms with Crippen molar-refractivity contribution in [1.29, 1.82) is 0 Å². The van der Waals surface area contributed by atoms with Gasteiger partial charge in [-0.15, -0.1) is 0 Å². The topological polar surface area (TPSA) is 105 Å². The van der Waals surface area contributed by atoms with E-state index in [2.05, 4.69) is 11.9 Å². The van der Waals surface area contributed by atoms with Crippen molar-refractivity contribution in [2.75, 3.05) is 6.61 Å². The van der Waals surface area contributed by atoms with Gasteiger partial charge in [0.2, 0.25) is 0 Å². The summed E-state index contributed by atoms with van der Waals surface area (Å²) in [5.74, 6) is -0.119. The largest absolute Gasteiger partial charge is 0.394 e. The van der Waals surface area contributed by atoms with Gasteiger partial charge >= 0.3 is 0 Å². The number of nitrogens with zero attached hydrogens (tertiary/aromatic N) is 1. The van der Waals surface area contributed by atoms with E-state index in [1.165, 1.54) is 64.2 Å². The Hall–Kier alpha value is -1.07. The molecule has 0 aliphatic heterocycles. The maximum atomic E-state index is 9.87. The van der Waals surface area contributed by atoms with Crippen molar-refractivity contribution >= 4 is 5.96 Å². The minimum atomic E-state index is -0.843. The molecule has 0 fully saturated rings. The summed E-state index contributed by atoms with van der Waals surface area (Å²) in [4.78, 5) is 3.80. The van der Waals surface area contributed by atoms with E-state index in [0.29, 0.717) is 0 Å². The quantitative estimate of drug-likeness (QED) is 0.150. The molecule has 0 heterocycles. The normalized spacial score (nSPS) is 14.0. The molecule has 5 heteroatoms. The van der Waals surface area contributed by atoms with Crippen LogP contribution in [0.2, 0.25) is 0 Å². The van der Waals surface area contributed by atoms with Gasteiger partial charge in [0.15, 0.2) is 5.96 Å². The van der Waals surface area contributed by atoms with Crippen LogP contribution in [-0.2, 0) is 0 Å². The highest BCUT2D eigenvalue weighted by atomic mass is 16.3. The molecule has 5 nitrogen and oxygen atoms in total. The van der Waals surface area contributed by atoms with Crippen LogP contribution in [0.5, 0.6) is 0 Å². The molecule has 142 valence electrons. The number of hydrogen-bond donors (Lipinski definition) is 4. The number of nitrogens with two attached hydrogens (primary N) is 2. The molecule has 0 radical (unpaired) electrons. The summed E-state index contributed by atoms with van der Waals surface area (Å²) in [6, 6.07) is -0.677. The number of allylic oxidation sites excluding steroid dienone is 1. The number of aliphatic hydroxyl groups is 2. The zero-order valence-corrected chi connectivity index (χ0v) is 15.5. The minimum absolute atomic E-state index is 0.119. The molecule has 0 aliphatic carbocycles. The van der Waals surface area contributed by atoms with Gasteiger partial charge < -0.3 is 21.7 Å². The van der Waals surface area contributed by atoms with Crippen molar-refractivity contribution in [2.24, 2.45) is 16.5 Å². The molecule has 0 spiro atoms. The van der Waals surface area contributed by atoms with Crippen LogP contribution in [0.25, 0.3) is 0 Å². The Kier molecular flexibility index (Phi) is 16.0. The predicted molar refractivity (Wildman–Crippen MR) is 103 cm³/mol. The fourth-order valence-electron chi connectivity index (χ4n) is 2.71. The van der Waals surface area contributed by atoms with Gasteiger partial charge in [-0.2, -0.15) is 0 Å². The molecular weight excluding hydrogens is 302 g/mol. The first-order chi connectivity index (χ1) is 11.6. The lowest BCUT2D eigenvalue weighted by molar-refractivity contribution is 0.145. The molecular formula is C19H39N3O2. The van der Waals surface area contributed by atoms with Crippen LogP contribution in [0.15, 0.2) is 17.1 Å². The van der Waals surface area contributed by atoms with E-state index >= 15 is 0 Å². The van der Waals surface area contributed by atoms with Gasteiger partial charge in [0.1, 0.15) is 6.04 Å². The number of rotatable bonds is 16. The smallest absolute Gasteiger partial charge is 0.186 e. The molecule has 0 aromatic carbocycles. The molecule has 0 rings (SSSR count). The second kappa shape index (κ2) is 16.8. The number of unbranched alkanes of at least 4 members (excludes halogenated alkanes) is 11. The molecule has 24 heavy (non-hydrogen) atoms. The number of hydrogen-bond acceptors (Lipinski definition) is 3. The Morgan fingerprint density at radius 2 is 1.42 bits per heavy atom. The first-order valence-electron chi connectivity index (χ1n) is 9.66. The fourth-order valence-corrected chi connectivity index (χ4v) is 2.71. The average Bonchev–Trinajstić information content (AvgIpc) is 2.56. The fraction of sp³-hybridized carbons (Fsp3) is 0.842. The van der Waals surface area contributed by atoms with Crippen molar-refractivity contribution in [1.82, 2.24) is 0 Å². The maximum absolute atomic E-state index is 9.87. The first kappa shape index (κ1) is 22.9. The molecule has 0 unspecified atom stereocenters. The predicted octanol–water partition coefficient (Wildman–Crippen LogP) is 3.24. The number of aliphatic hydroxyl groups excluding tert-OH is 2. The van der Waals surface area contributed by atoms with Gasteiger partial charge in [-0.1, -0.05) is 83.3 Å². The SMILES string of the molecule is CCCCCCCCCCCCC/C=C/[C@@H](O)[C@H](CO)N=C(N)N. The molecule has 0 aromatic heterocycles. The van der Waals surface area contributed by atoms with E-state index < -0.39 is 12.1 Å². The Bertz CT molecular complexity index is 329. The average molecular weight is 342 g/mol. The summed E-state index contributed by atoms with van der Waals surface area (Å²) in [5, 5.41) is 19.0. The second-order valence-corrected chi connectivity index (χ2v) is 6.55. The molecule has 0 aromatic rings. The zero-order valence-electron chi connectivity index (χ0n) is 15.5. The van der Waals surface area contributed by atoms with Gasteiger partial charge in [0.05, 0.1) is 12.7 Å². The highest BCUT2D eigenvalue weighted by molar-refractivity contribution is 5.75. The van der Waals surface area contributed by atoms with Crippen LogP contribution in [0.4, 0.5) is 0 Å². The standard InChI is InChI=1S/C19H39N3O2/c1-2-3-4-5-6-7-8-9-10-11-12-13-14-15-18(24)17(16-23)22-19(20)21/h14-15,17-18,23-24H,2-13,16H2,1H3,(H4,20,21,22)/b15-14+/t17-,18+/m0/s1. The summed E-state index contributed by atoms with van der Waals surface area (Å²) in [6.45, 7) is 1.98. The Balaban J connectivity index is 3.50. The van der Waals surface area contributed by atoms with Crippen molar-refractivity contribution in [3.8, 4) is 0 Å². The third kappa shape index (κ3) is 14.5. The summed E-state index contributed by atoms with van der Waals surface area (Å²) >= 11 is 0. The highest BCUT2D eigenvalue weighted by Crippen LogP contribution is 2.12. The lowest BCUT2D eigenvalue weighted by Crippen LogP contribution is -2.32. The Morgan fingerprint density at radius 1 is 0.917 bits per heavy atom. The van der Waals surface area contributed by atoms with Crippen molar-refractivity contribution in [3.63, 3.8) is 0 Å². The molecule has 0 amide bonds. The van der Waals surface area contributed by atoms with E-state index in [0.717, 1.165) is 12.8 Å². The third-order valence-corrected chi connectivity index (χ3v) is 4.20. The lowest BCUT2D eigenvalue weighted by Gasteiger charge is -2.13. The molecule has 6 N–H and O–H groups in total. The summed E-state index contributed by atoms with van der Waals surface area (Å²) in [5.41, 5.74) is 10.5. The van der Waals surface area contributed by atoms with Gasteiger partial charge in [-0.05, 0) is 12.8 Å². The van der Waals surface area contributed by atoms with Crippen LogP contribution in [-0.4, -0.2) is 34.9 Å². The van der Waals surface area contributed by atoms with Crippen LogP contribution < -0.4 is 11.5 Å². The van der Waals surface area contributed by atoms with Crippen LogP contribution in [0.1, 0.15) is 84.0 Å². The third-order valence-electron chi connectivity index (χ3n) is 4.20. The zero-order chi connectivity index (χ0) is 18.0. The number of aliphatic imine (C=N–C) groups is 1. The monoisotopic (exact) mass is 341 g/mol. The van der Waals surface area contributed by atoms with Crippen molar-refractivity contribution in [3.05, 3.63) is 12.2 Å². The van der Waals surface area contributed by atoms with E-state index in [-0.39, 0.29) is 12.6 Å². The lowest BCUT2D eigenvalue weighted by atomic mass is 10.0.